The number of anilines is 1. The van der Waals surface area contributed by atoms with Gasteiger partial charge < -0.3 is 14.6 Å². The quantitative estimate of drug-likeness (QED) is 0.409. The van der Waals surface area contributed by atoms with Crippen LogP contribution in [0.25, 0.3) is 0 Å². The van der Waals surface area contributed by atoms with Crippen molar-refractivity contribution in [2.75, 3.05) is 5.32 Å². The molecule has 0 unspecified atom stereocenters. The summed E-state index contributed by atoms with van der Waals surface area (Å²) in [7, 11) is 0. The lowest BCUT2D eigenvalue weighted by Gasteiger charge is -2.13. The highest BCUT2D eigenvalue weighted by Gasteiger charge is 2.20. The number of aromatic nitrogens is 3. The fraction of sp³-hybridized carbons (Fsp3) is 0.273. The van der Waals surface area contributed by atoms with E-state index in [4.69, 9.17) is 4.74 Å². The Hall–Kier alpha value is -3.13. The van der Waals surface area contributed by atoms with Crippen molar-refractivity contribution in [1.82, 2.24) is 14.8 Å². The van der Waals surface area contributed by atoms with Crippen molar-refractivity contribution in [3.05, 3.63) is 66.0 Å². The van der Waals surface area contributed by atoms with Crippen molar-refractivity contribution in [3.63, 3.8) is 0 Å². The van der Waals surface area contributed by atoms with Crippen LogP contribution in [-0.2, 0) is 17.9 Å². The molecular formula is C22H24N4O3S. The van der Waals surface area contributed by atoms with Crippen LogP contribution in [0.5, 0.6) is 5.75 Å². The number of para-hydroxylation sites is 1. The van der Waals surface area contributed by atoms with Gasteiger partial charge in [-0.3, -0.25) is 9.59 Å². The van der Waals surface area contributed by atoms with Gasteiger partial charge in [-0.15, -0.1) is 10.2 Å². The molecule has 0 aliphatic carbocycles. The Morgan fingerprint density at radius 2 is 1.80 bits per heavy atom. The lowest BCUT2D eigenvalue weighted by atomic mass is 10.1. The Kier molecular flexibility index (Phi) is 7.24. The molecule has 156 valence electrons. The summed E-state index contributed by atoms with van der Waals surface area (Å²) in [6.45, 7) is 6.30. The van der Waals surface area contributed by atoms with Crippen LogP contribution in [0.1, 0.15) is 37.0 Å². The Morgan fingerprint density at radius 1 is 1.10 bits per heavy atom. The zero-order valence-electron chi connectivity index (χ0n) is 17.2. The maximum atomic E-state index is 12.6. The Morgan fingerprint density at radius 3 is 2.43 bits per heavy atom. The second kappa shape index (κ2) is 10.1. The zero-order chi connectivity index (χ0) is 21.5. The first kappa shape index (κ1) is 21.6. The zero-order valence-corrected chi connectivity index (χ0v) is 18.0. The number of ketones is 1. The van der Waals surface area contributed by atoms with Gasteiger partial charge in [0.05, 0.1) is 5.25 Å². The SMILES string of the molecule is CCn1c(COc2ccccc2)nnc1S[C@H](C)C(=O)Nc1ccc(C(C)=O)cc1. The minimum Gasteiger partial charge on any atom is -0.486 e. The van der Waals surface area contributed by atoms with E-state index in [9.17, 15) is 9.59 Å². The number of rotatable bonds is 9. The molecule has 2 aromatic carbocycles. The highest BCUT2D eigenvalue weighted by molar-refractivity contribution is 8.00. The first-order chi connectivity index (χ1) is 14.5. The molecule has 1 N–H and O–H groups in total. The van der Waals surface area contributed by atoms with Crippen molar-refractivity contribution in [1.29, 1.82) is 0 Å². The number of nitrogens with one attached hydrogen (secondary N) is 1. The third-order valence-electron chi connectivity index (χ3n) is 4.43. The number of Topliss-reactive ketones (excluding diaryl/α,β-unsaturated/α-hetero) is 1. The summed E-state index contributed by atoms with van der Waals surface area (Å²) >= 11 is 1.34. The number of thioether (sulfide) groups is 1. The van der Waals surface area contributed by atoms with Crippen LogP contribution in [0.4, 0.5) is 5.69 Å². The average molecular weight is 425 g/mol. The van der Waals surface area contributed by atoms with Gasteiger partial charge in [0.15, 0.2) is 16.8 Å². The topological polar surface area (TPSA) is 86.1 Å². The van der Waals surface area contributed by atoms with Crippen molar-refractivity contribution in [3.8, 4) is 5.75 Å². The van der Waals surface area contributed by atoms with Gasteiger partial charge in [-0.25, -0.2) is 0 Å². The van der Waals surface area contributed by atoms with E-state index in [-0.39, 0.29) is 16.9 Å². The van der Waals surface area contributed by atoms with E-state index in [1.54, 1.807) is 24.3 Å². The maximum Gasteiger partial charge on any atom is 0.237 e. The molecule has 8 heteroatoms. The number of benzene rings is 2. The van der Waals surface area contributed by atoms with Gasteiger partial charge in [0, 0.05) is 17.8 Å². The second-order valence-electron chi connectivity index (χ2n) is 6.63. The number of hydrogen-bond acceptors (Lipinski definition) is 6. The number of amides is 1. The first-order valence-electron chi connectivity index (χ1n) is 9.66. The standard InChI is InChI=1S/C22H24N4O3S/c1-4-26-20(14-29-19-8-6-5-7-9-19)24-25-22(26)30-16(3)21(28)23-18-12-10-17(11-13-18)15(2)27/h5-13,16H,4,14H2,1-3H3,(H,23,28)/t16-/m1/s1. The lowest BCUT2D eigenvalue weighted by Crippen LogP contribution is -2.23. The van der Waals surface area contributed by atoms with Crippen LogP contribution in [0.3, 0.4) is 0 Å². The molecule has 0 radical (unpaired) electrons. The van der Waals surface area contributed by atoms with Crippen molar-refractivity contribution in [2.24, 2.45) is 0 Å². The number of hydrogen-bond donors (Lipinski definition) is 1. The minimum absolute atomic E-state index is 0.0113. The van der Waals surface area contributed by atoms with Crippen LogP contribution in [0.15, 0.2) is 59.8 Å². The Labute approximate surface area is 179 Å². The molecule has 0 bridgehead atoms. The van der Waals surface area contributed by atoms with Crippen LogP contribution in [-0.4, -0.2) is 31.7 Å². The number of ether oxygens (including phenoxy) is 1. The van der Waals surface area contributed by atoms with E-state index >= 15 is 0 Å². The summed E-state index contributed by atoms with van der Waals surface area (Å²) in [6, 6.07) is 16.4. The molecule has 3 rings (SSSR count). The molecular weight excluding hydrogens is 400 g/mol. The van der Waals surface area contributed by atoms with Crippen molar-refractivity contribution in [2.45, 2.75) is 44.3 Å². The summed E-state index contributed by atoms with van der Waals surface area (Å²) in [5.41, 5.74) is 1.25. The second-order valence-corrected chi connectivity index (χ2v) is 7.94. The van der Waals surface area contributed by atoms with Gasteiger partial charge in [-0.1, -0.05) is 30.0 Å². The normalized spacial score (nSPS) is 11.7. The number of nitrogens with zero attached hydrogens (tertiary/aromatic N) is 3. The first-order valence-corrected chi connectivity index (χ1v) is 10.5. The smallest absolute Gasteiger partial charge is 0.237 e. The molecule has 1 amide bonds. The lowest BCUT2D eigenvalue weighted by molar-refractivity contribution is -0.115. The summed E-state index contributed by atoms with van der Waals surface area (Å²) in [5, 5.41) is 11.6. The average Bonchev–Trinajstić information content (AvgIpc) is 3.14. The fourth-order valence-corrected chi connectivity index (χ4v) is 3.67. The van der Waals surface area contributed by atoms with E-state index in [0.717, 1.165) is 5.75 Å². The van der Waals surface area contributed by atoms with Crippen molar-refractivity contribution >= 4 is 29.1 Å². The van der Waals surface area contributed by atoms with Gasteiger partial charge in [-0.2, -0.15) is 0 Å². The van der Waals surface area contributed by atoms with Gasteiger partial charge in [0.25, 0.3) is 0 Å². The summed E-state index contributed by atoms with van der Waals surface area (Å²) in [5.74, 6) is 1.31. The maximum absolute atomic E-state index is 12.6. The molecule has 0 aliphatic rings. The molecule has 0 aliphatic heterocycles. The fourth-order valence-electron chi connectivity index (χ4n) is 2.74. The highest BCUT2D eigenvalue weighted by atomic mass is 32.2. The molecule has 0 saturated carbocycles. The van der Waals surface area contributed by atoms with E-state index in [0.29, 0.717) is 35.4 Å². The van der Waals surface area contributed by atoms with Gasteiger partial charge in [0.2, 0.25) is 5.91 Å². The monoisotopic (exact) mass is 424 g/mol. The largest absolute Gasteiger partial charge is 0.486 e. The van der Waals surface area contributed by atoms with Crippen LogP contribution in [0, 0.1) is 0 Å². The molecule has 3 aromatic rings. The molecule has 0 saturated heterocycles. The predicted molar refractivity (Wildman–Crippen MR) is 117 cm³/mol. The number of carbonyl (C=O) groups excluding carboxylic acids is 2. The Balaban J connectivity index is 1.61. The minimum atomic E-state index is -0.380. The summed E-state index contributed by atoms with van der Waals surface area (Å²) < 4.78 is 7.71. The summed E-state index contributed by atoms with van der Waals surface area (Å²) in [4.78, 5) is 23.9. The molecule has 1 heterocycles. The van der Waals surface area contributed by atoms with Crippen LogP contribution >= 0.6 is 11.8 Å². The molecule has 1 aromatic heterocycles. The third-order valence-corrected chi connectivity index (χ3v) is 5.51. The summed E-state index contributed by atoms with van der Waals surface area (Å²) in [6.07, 6.45) is 0. The van der Waals surface area contributed by atoms with Gasteiger partial charge in [0.1, 0.15) is 12.4 Å². The Bertz CT molecular complexity index is 1000. The third kappa shape index (κ3) is 5.48. The van der Waals surface area contributed by atoms with E-state index in [1.807, 2.05) is 48.7 Å². The van der Waals surface area contributed by atoms with E-state index in [2.05, 4.69) is 15.5 Å². The highest BCUT2D eigenvalue weighted by Crippen LogP contribution is 2.24. The molecule has 7 nitrogen and oxygen atoms in total. The molecule has 30 heavy (non-hydrogen) atoms. The van der Waals surface area contributed by atoms with Crippen molar-refractivity contribution < 1.29 is 14.3 Å². The van der Waals surface area contributed by atoms with E-state index < -0.39 is 0 Å². The van der Waals surface area contributed by atoms with Gasteiger partial charge >= 0.3 is 0 Å². The van der Waals surface area contributed by atoms with Gasteiger partial charge in [-0.05, 0) is 57.2 Å². The van der Waals surface area contributed by atoms with Crippen LogP contribution in [0.2, 0.25) is 0 Å². The molecule has 0 fully saturated rings. The number of carbonyl (C=O) groups is 2. The van der Waals surface area contributed by atoms with E-state index in [1.165, 1.54) is 18.7 Å². The molecule has 1 atom stereocenters. The van der Waals surface area contributed by atoms with Crippen LogP contribution < -0.4 is 10.1 Å². The predicted octanol–water partition coefficient (Wildman–Crippen LogP) is 4.20. The molecule has 0 spiro atoms.